The molecule has 2 aromatic carbocycles. The minimum absolute atomic E-state index is 0.00694. The van der Waals surface area contributed by atoms with Crippen molar-refractivity contribution in [3.8, 4) is 11.5 Å². The maximum atomic E-state index is 12.7. The van der Waals surface area contributed by atoms with Crippen LogP contribution in [0.5, 0.6) is 11.5 Å². The highest BCUT2D eigenvalue weighted by molar-refractivity contribution is 7.21. The van der Waals surface area contributed by atoms with Gasteiger partial charge in [0.1, 0.15) is 16.4 Å². The summed E-state index contributed by atoms with van der Waals surface area (Å²) in [5.41, 5.74) is 0.872. The summed E-state index contributed by atoms with van der Waals surface area (Å²) in [6.45, 7) is 3.58. The van der Waals surface area contributed by atoms with Gasteiger partial charge in [-0.1, -0.05) is 30.3 Å². The summed E-state index contributed by atoms with van der Waals surface area (Å²) in [5, 5.41) is 21.2. The van der Waals surface area contributed by atoms with E-state index >= 15 is 0 Å². The van der Waals surface area contributed by atoms with E-state index in [2.05, 4.69) is 0 Å². The molecule has 2 N–H and O–H groups in total. The average molecular weight is 356 g/mol. The van der Waals surface area contributed by atoms with E-state index in [0.29, 0.717) is 26.1 Å². The monoisotopic (exact) mass is 356 g/mol. The Kier molecular flexibility index (Phi) is 4.46. The first kappa shape index (κ1) is 17.0. The van der Waals surface area contributed by atoms with Gasteiger partial charge in [-0.25, -0.2) is 4.79 Å². The summed E-state index contributed by atoms with van der Waals surface area (Å²) in [6.07, 6.45) is 0. The highest BCUT2D eigenvalue weighted by Crippen LogP contribution is 2.44. The third kappa shape index (κ3) is 2.85. The maximum Gasteiger partial charge on any atom is 0.348 e. The summed E-state index contributed by atoms with van der Waals surface area (Å²) in [7, 11) is 0. The van der Waals surface area contributed by atoms with Crippen molar-refractivity contribution in [2.24, 2.45) is 0 Å². The van der Waals surface area contributed by atoms with Gasteiger partial charge in [-0.15, -0.1) is 11.3 Å². The van der Waals surface area contributed by atoms with Crippen LogP contribution in [0.4, 0.5) is 0 Å². The van der Waals surface area contributed by atoms with Crippen LogP contribution in [-0.2, 0) is 4.74 Å². The Morgan fingerprint density at radius 3 is 2.48 bits per heavy atom. The van der Waals surface area contributed by atoms with Crippen LogP contribution in [0.3, 0.4) is 0 Å². The van der Waals surface area contributed by atoms with Gasteiger partial charge in [0.05, 0.1) is 16.9 Å². The Labute approximate surface area is 148 Å². The molecule has 0 saturated carbocycles. The van der Waals surface area contributed by atoms with Crippen molar-refractivity contribution in [1.82, 2.24) is 0 Å². The number of hydrogen-bond donors (Lipinski definition) is 2. The second kappa shape index (κ2) is 6.57. The van der Waals surface area contributed by atoms with E-state index in [9.17, 15) is 19.8 Å². The highest BCUT2D eigenvalue weighted by Gasteiger charge is 2.25. The number of aryl methyl sites for hydroxylation is 1. The van der Waals surface area contributed by atoms with Crippen molar-refractivity contribution in [2.45, 2.75) is 13.8 Å². The highest BCUT2D eigenvalue weighted by atomic mass is 32.1. The Hall–Kier alpha value is -2.86. The quantitative estimate of drug-likeness (QED) is 0.419. The summed E-state index contributed by atoms with van der Waals surface area (Å²) in [4.78, 5) is 25.0. The van der Waals surface area contributed by atoms with E-state index in [1.165, 1.54) is 6.07 Å². The number of carbonyl (C=O) groups is 2. The zero-order valence-electron chi connectivity index (χ0n) is 13.7. The normalized spacial score (nSPS) is 10.8. The fourth-order valence-corrected chi connectivity index (χ4v) is 3.81. The molecule has 0 spiro atoms. The maximum absolute atomic E-state index is 12.7. The molecule has 5 nitrogen and oxygen atoms in total. The van der Waals surface area contributed by atoms with Crippen molar-refractivity contribution >= 4 is 33.2 Å². The van der Waals surface area contributed by atoms with Crippen molar-refractivity contribution in [3.63, 3.8) is 0 Å². The van der Waals surface area contributed by atoms with E-state index in [0.717, 1.165) is 11.3 Å². The molecule has 0 aliphatic rings. The minimum atomic E-state index is -0.518. The van der Waals surface area contributed by atoms with Crippen LogP contribution < -0.4 is 0 Å². The van der Waals surface area contributed by atoms with Crippen LogP contribution in [0.2, 0.25) is 0 Å². The molecule has 1 aromatic heterocycles. The Morgan fingerprint density at radius 1 is 1.16 bits per heavy atom. The number of aromatic hydroxyl groups is 2. The lowest BCUT2D eigenvalue weighted by atomic mass is 9.99. The zero-order chi connectivity index (χ0) is 18.1. The van der Waals surface area contributed by atoms with Gasteiger partial charge in [0, 0.05) is 10.9 Å². The third-order valence-corrected chi connectivity index (χ3v) is 5.19. The molecule has 0 atom stereocenters. The Morgan fingerprint density at radius 2 is 1.84 bits per heavy atom. The molecule has 6 heteroatoms. The smallest absolute Gasteiger partial charge is 0.348 e. The van der Waals surface area contributed by atoms with Crippen molar-refractivity contribution in [2.75, 3.05) is 6.61 Å². The third-order valence-electron chi connectivity index (χ3n) is 3.89. The van der Waals surface area contributed by atoms with Gasteiger partial charge in [-0.2, -0.15) is 0 Å². The number of ketones is 1. The number of ether oxygens (including phenoxy) is 1. The van der Waals surface area contributed by atoms with E-state index in [1.54, 1.807) is 44.2 Å². The number of phenols is 2. The molecule has 0 saturated heterocycles. The van der Waals surface area contributed by atoms with Gasteiger partial charge < -0.3 is 14.9 Å². The fourth-order valence-electron chi connectivity index (χ4n) is 2.69. The number of thiophene rings is 1. The van der Waals surface area contributed by atoms with E-state index in [-0.39, 0.29) is 23.7 Å². The molecule has 0 unspecified atom stereocenters. The minimum Gasteiger partial charge on any atom is -0.506 e. The van der Waals surface area contributed by atoms with Crippen molar-refractivity contribution < 1.29 is 24.5 Å². The fraction of sp³-hybridized carbons (Fsp3) is 0.158. The molecule has 0 aliphatic heterocycles. The van der Waals surface area contributed by atoms with Gasteiger partial charge in [-0.3, -0.25) is 4.79 Å². The van der Waals surface area contributed by atoms with E-state index in [4.69, 9.17) is 4.74 Å². The predicted molar refractivity (Wildman–Crippen MR) is 95.7 cm³/mol. The van der Waals surface area contributed by atoms with Crippen LogP contribution in [0.25, 0.3) is 10.1 Å². The first-order valence-electron chi connectivity index (χ1n) is 7.70. The number of benzene rings is 2. The molecule has 3 rings (SSSR count). The molecule has 0 fully saturated rings. The molecular formula is C19H16O5S. The van der Waals surface area contributed by atoms with Crippen LogP contribution in [0, 0.1) is 6.92 Å². The lowest BCUT2D eigenvalue weighted by Gasteiger charge is -2.07. The van der Waals surface area contributed by atoms with Gasteiger partial charge in [0.2, 0.25) is 0 Å². The van der Waals surface area contributed by atoms with Gasteiger partial charge in [0.15, 0.2) is 5.78 Å². The van der Waals surface area contributed by atoms with E-state index < -0.39 is 11.8 Å². The molecule has 25 heavy (non-hydrogen) atoms. The lowest BCUT2D eigenvalue weighted by molar-refractivity contribution is 0.0531. The van der Waals surface area contributed by atoms with Gasteiger partial charge in [0.25, 0.3) is 0 Å². The largest absolute Gasteiger partial charge is 0.506 e. The average Bonchev–Trinajstić information content (AvgIpc) is 2.97. The predicted octanol–water partition coefficient (Wildman–Crippen LogP) is 4.03. The molecule has 1 heterocycles. The van der Waals surface area contributed by atoms with Crippen molar-refractivity contribution in [3.05, 3.63) is 58.0 Å². The van der Waals surface area contributed by atoms with Crippen LogP contribution in [0.15, 0.2) is 36.4 Å². The summed E-state index contributed by atoms with van der Waals surface area (Å²) in [5.74, 6) is -1.32. The molecule has 0 radical (unpaired) electrons. The molecule has 3 aromatic rings. The SMILES string of the molecule is CCOC(=O)c1sc2c(O)cc(C(=O)c3ccccc3)c(O)c2c1C. The standard InChI is InChI=1S/C19H16O5S/c1-3-24-19(23)17-10(2)14-16(22)12(9-13(20)18(14)25-17)15(21)11-7-5-4-6-8-11/h4-9,20,22H,3H2,1-2H3. The Bertz CT molecular complexity index is 973. The lowest BCUT2D eigenvalue weighted by Crippen LogP contribution is -2.03. The van der Waals surface area contributed by atoms with Crippen LogP contribution in [0.1, 0.15) is 38.1 Å². The zero-order valence-corrected chi connectivity index (χ0v) is 14.5. The number of hydrogen-bond acceptors (Lipinski definition) is 6. The summed E-state index contributed by atoms with van der Waals surface area (Å²) >= 11 is 1.03. The molecular weight excluding hydrogens is 340 g/mol. The molecule has 128 valence electrons. The number of carbonyl (C=O) groups excluding carboxylic acids is 2. The molecule has 0 bridgehead atoms. The van der Waals surface area contributed by atoms with Crippen LogP contribution in [-0.4, -0.2) is 28.6 Å². The summed E-state index contributed by atoms with van der Waals surface area (Å²) in [6, 6.07) is 9.72. The van der Waals surface area contributed by atoms with Gasteiger partial charge >= 0.3 is 5.97 Å². The van der Waals surface area contributed by atoms with Crippen molar-refractivity contribution in [1.29, 1.82) is 0 Å². The molecule has 0 aliphatic carbocycles. The Balaban J connectivity index is 2.20. The molecule has 0 amide bonds. The first-order chi connectivity index (χ1) is 12.0. The second-order valence-corrected chi connectivity index (χ2v) is 6.49. The number of esters is 1. The van der Waals surface area contributed by atoms with Gasteiger partial charge in [-0.05, 0) is 25.5 Å². The second-order valence-electron chi connectivity index (χ2n) is 5.47. The van der Waals surface area contributed by atoms with E-state index in [1.807, 2.05) is 0 Å². The topological polar surface area (TPSA) is 83.8 Å². The first-order valence-corrected chi connectivity index (χ1v) is 8.52. The van der Waals surface area contributed by atoms with Crippen LogP contribution >= 0.6 is 11.3 Å². The summed E-state index contributed by atoms with van der Waals surface area (Å²) < 4.78 is 5.36. The number of rotatable bonds is 4. The number of fused-ring (bicyclic) bond motifs is 1. The number of phenolic OH excluding ortho intramolecular Hbond substituents is 2.